The number of hydrogen-bond donors (Lipinski definition) is 2. The van der Waals surface area contributed by atoms with Gasteiger partial charge in [-0.3, -0.25) is 0 Å². The van der Waals surface area contributed by atoms with Crippen LogP contribution in [0.3, 0.4) is 0 Å². The average molecular weight is 283 g/mol. The molecule has 21 heavy (non-hydrogen) atoms. The van der Waals surface area contributed by atoms with Gasteiger partial charge in [0.05, 0.1) is 11.7 Å². The molecule has 0 fully saturated rings. The number of nitrogens with zero attached hydrogens (tertiary/aromatic N) is 1. The maximum absolute atomic E-state index is 10.9. The van der Waals surface area contributed by atoms with Gasteiger partial charge < -0.3 is 15.1 Å². The maximum Gasteiger partial charge on any atom is 0.335 e. The summed E-state index contributed by atoms with van der Waals surface area (Å²) in [6.07, 6.45) is 0.316. The van der Waals surface area contributed by atoms with E-state index in [0.717, 1.165) is 23.4 Å². The van der Waals surface area contributed by atoms with Gasteiger partial charge in [0.25, 0.3) is 0 Å². The molecule has 0 bridgehead atoms. The molecule has 1 atom stereocenters. The second-order valence-corrected chi connectivity index (χ2v) is 5.29. The summed E-state index contributed by atoms with van der Waals surface area (Å²) < 4.78 is 0. The third-order valence-corrected chi connectivity index (χ3v) is 3.88. The molecule has 4 heteroatoms. The van der Waals surface area contributed by atoms with E-state index in [1.807, 2.05) is 36.4 Å². The molecule has 1 aliphatic heterocycles. The zero-order valence-corrected chi connectivity index (χ0v) is 11.6. The lowest BCUT2D eigenvalue weighted by molar-refractivity contribution is 0.0697. The van der Waals surface area contributed by atoms with Gasteiger partial charge in [0, 0.05) is 24.3 Å². The highest BCUT2D eigenvalue weighted by Gasteiger charge is 2.22. The maximum atomic E-state index is 10.9. The van der Waals surface area contributed by atoms with Crippen LogP contribution in [0.5, 0.6) is 0 Å². The smallest absolute Gasteiger partial charge is 0.335 e. The number of benzene rings is 2. The van der Waals surface area contributed by atoms with Crippen LogP contribution in [0.2, 0.25) is 0 Å². The topological polar surface area (TPSA) is 60.8 Å². The minimum Gasteiger partial charge on any atom is -0.478 e. The summed E-state index contributed by atoms with van der Waals surface area (Å²) >= 11 is 0. The molecule has 1 aliphatic rings. The zero-order chi connectivity index (χ0) is 14.8. The summed E-state index contributed by atoms with van der Waals surface area (Å²) in [5.74, 6) is -0.909. The van der Waals surface area contributed by atoms with Crippen LogP contribution in [0.1, 0.15) is 34.0 Å². The molecule has 0 saturated carbocycles. The van der Waals surface area contributed by atoms with Crippen LogP contribution in [0.25, 0.3) is 0 Å². The molecule has 108 valence electrons. The van der Waals surface area contributed by atoms with Gasteiger partial charge in [0.1, 0.15) is 0 Å². The van der Waals surface area contributed by atoms with Crippen molar-refractivity contribution in [3.05, 3.63) is 65.2 Å². The van der Waals surface area contributed by atoms with Crippen molar-refractivity contribution >= 4 is 11.7 Å². The molecular weight excluding hydrogens is 266 g/mol. The largest absolute Gasteiger partial charge is 0.478 e. The van der Waals surface area contributed by atoms with E-state index in [1.165, 1.54) is 0 Å². The Balaban J connectivity index is 1.82. The van der Waals surface area contributed by atoms with Gasteiger partial charge in [-0.1, -0.05) is 30.3 Å². The van der Waals surface area contributed by atoms with Gasteiger partial charge >= 0.3 is 5.97 Å². The number of rotatable bonds is 3. The van der Waals surface area contributed by atoms with Gasteiger partial charge in [0.2, 0.25) is 0 Å². The molecule has 0 spiro atoms. The van der Waals surface area contributed by atoms with Gasteiger partial charge in [-0.05, 0) is 30.2 Å². The monoisotopic (exact) mass is 283 g/mol. The molecule has 0 aliphatic carbocycles. The minimum atomic E-state index is -0.909. The summed E-state index contributed by atoms with van der Waals surface area (Å²) in [5.41, 5.74) is 3.38. The molecule has 3 rings (SSSR count). The predicted octanol–water partition coefficient (Wildman–Crippen LogP) is 2.83. The number of aliphatic hydroxyl groups excluding tert-OH is 1. The first-order chi connectivity index (χ1) is 10.1. The Morgan fingerprint density at radius 1 is 1.14 bits per heavy atom. The standard InChI is InChI=1S/C17H17NO3/c19-16-9-10-18(15-4-2-1-3-14(15)16)11-12-5-7-13(8-6-12)17(20)21/h1-8,16,19H,9-11H2,(H,20,21). The molecule has 1 heterocycles. The van der Waals surface area contributed by atoms with Crippen molar-refractivity contribution in [2.75, 3.05) is 11.4 Å². The van der Waals surface area contributed by atoms with Crippen LogP contribution < -0.4 is 4.90 Å². The van der Waals surface area contributed by atoms with Crippen molar-refractivity contribution in [1.29, 1.82) is 0 Å². The fourth-order valence-corrected chi connectivity index (χ4v) is 2.75. The van der Waals surface area contributed by atoms with Crippen molar-refractivity contribution in [3.8, 4) is 0 Å². The highest BCUT2D eigenvalue weighted by molar-refractivity contribution is 5.87. The van der Waals surface area contributed by atoms with Gasteiger partial charge in [-0.15, -0.1) is 0 Å². The Hall–Kier alpha value is -2.33. The average Bonchev–Trinajstić information content (AvgIpc) is 2.51. The summed E-state index contributed by atoms with van der Waals surface area (Å²) in [5, 5.41) is 19.0. The fourth-order valence-electron chi connectivity index (χ4n) is 2.75. The lowest BCUT2D eigenvalue weighted by Crippen LogP contribution is -2.30. The van der Waals surface area contributed by atoms with Gasteiger partial charge in [-0.2, -0.15) is 0 Å². The first-order valence-corrected chi connectivity index (χ1v) is 6.99. The summed E-state index contributed by atoms with van der Waals surface area (Å²) in [6.45, 7) is 1.50. The summed E-state index contributed by atoms with van der Waals surface area (Å²) in [7, 11) is 0. The van der Waals surface area contributed by atoms with Crippen molar-refractivity contribution in [1.82, 2.24) is 0 Å². The van der Waals surface area contributed by atoms with E-state index in [9.17, 15) is 9.90 Å². The number of carboxylic acid groups (broad SMARTS) is 1. The lowest BCUT2D eigenvalue weighted by atomic mass is 9.98. The normalized spacial score (nSPS) is 17.4. The Morgan fingerprint density at radius 2 is 1.86 bits per heavy atom. The molecular formula is C17H17NO3. The van der Waals surface area contributed by atoms with Crippen molar-refractivity contribution in [2.45, 2.75) is 19.1 Å². The van der Waals surface area contributed by atoms with E-state index >= 15 is 0 Å². The van der Waals surface area contributed by atoms with Crippen molar-refractivity contribution < 1.29 is 15.0 Å². The molecule has 1 unspecified atom stereocenters. The number of hydrogen-bond acceptors (Lipinski definition) is 3. The molecule has 2 aromatic carbocycles. The van der Waals surface area contributed by atoms with Crippen molar-refractivity contribution in [2.24, 2.45) is 0 Å². The number of aliphatic hydroxyl groups is 1. The molecule has 0 aromatic heterocycles. The third kappa shape index (κ3) is 2.76. The zero-order valence-electron chi connectivity index (χ0n) is 11.6. The van der Waals surface area contributed by atoms with Crippen LogP contribution in [0.4, 0.5) is 5.69 Å². The Bertz CT molecular complexity index is 651. The first kappa shape index (κ1) is 13.6. The molecule has 2 N–H and O–H groups in total. The van der Waals surface area contributed by atoms with Crippen LogP contribution >= 0.6 is 0 Å². The van der Waals surface area contributed by atoms with Crippen molar-refractivity contribution in [3.63, 3.8) is 0 Å². The highest BCUT2D eigenvalue weighted by Crippen LogP contribution is 2.34. The van der Waals surface area contributed by atoms with Crippen LogP contribution in [-0.2, 0) is 6.54 Å². The number of anilines is 1. The highest BCUT2D eigenvalue weighted by atomic mass is 16.4. The Labute approximate surface area is 123 Å². The molecule has 0 amide bonds. The first-order valence-electron chi connectivity index (χ1n) is 6.99. The van der Waals surface area contributed by atoms with Crippen LogP contribution in [-0.4, -0.2) is 22.7 Å². The SMILES string of the molecule is O=C(O)c1ccc(CN2CCC(O)c3ccccc32)cc1. The Morgan fingerprint density at radius 3 is 2.57 bits per heavy atom. The number of aromatic carboxylic acids is 1. The summed E-state index contributed by atoms with van der Waals surface area (Å²) in [4.78, 5) is 13.1. The third-order valence-electron chi connectivity index (χ3n) is 3.88. The van der Waals surface area contributed by atoms with Crippen LogP contribution in [0, 0.1) is 0 Å². The lowest BCUT2D eigenvalue weighted by Gasteiger charge is -2.33. The molecule has 4 nitrogen and oxygen atoms in total. The van der Waals surface area contributed by atoms with Crippen LogP contribution in [0.15, 0.2) is 48.5 Å². The van der Waals surface area contributed by atoms with Gasteiger partial charge in [0.15, 0.2) is 0 Å². The van der Waals surface area contributed by atoms with E-state index in [4.69, 9.17) is 5.11 Å². The second kappa shape index (κ2) is 5.58. The van der Waals surface area contributed by atoms with Gasteiger partial charge in [-0.25, -0.2) is 4.79 Å². The molecule has 2 aromatic rings. The predicted molar refractivity (Wildman–Crippen MR) is 80.5 cm³/mol. The fraction of sp³-hybridized carbons (Fsp3) is 0.235. The second-order valence-electron chi connectivity index (χ2n) is 5.29. The number of carbonyl (C=O) groups is 1. The number of fused-ring (bicyclic) bond motifs is 1. The van der Waals surface area contributed by atoms with E-state index in [2.05, 4.69) is 4.90 Å². The minimum absolute atomic E-state index is 0.299. The van der Waals surface area contributed by atoms with E-state index in [1.54, 1.807) is 12.1 Å². The molecule has 0 radical (unpaired) electrons. The van der Waals surface area contributed by atoms with E-state index < -0.39 is 12.1 Å². The van der Waals surface area contributed by atoms with E-state index in [0.29, 0.717) is 18.5 Å². The summed E-state index contributed by atoms with van der Waals surface area (Å²) in [6, 6.07) is 14.8. The quantitative estimate of drug-likeness (QED) is 0.909. The Kier molecular flexibility index (Phi) is 3.62. The van der Waals surface area contributed by atoms with E-state index in [-0.39, 0.29) is 0 Å². The number of para-hydroxylation sites is 1. The molecule has 0 saturated heterocycles. The number of carboxylic acids is 1.